The van der Waals surface area contributed by atoms with Gasteiger partial charge in [-0.05, 0) is 24.6 Å². The van der Waals surface area contributed by atoms with Gasteiger partial charge in [0.1, 0.15) is 5.75 Å². The maximum absolute atomic E-state index is 12.2. The molecule has 0 saturated heterocycles. The van der Waals surface area contributed by atoms with Gasteiger partial charge < -0.3 is 9.72 Å². The van der Waals surface area contributed by atoms with E-state index in [0.29, 0.717) is 11.3 Å². The van der Waals surface area contributed by atoms with Gasteiger partial charge in [-0.25, -0.2) is 4.79 Å². The molecule has 0 aliphatic carbocycles. The van der Waals surface area contributed by atoms with Gasteiger partial charge >= 0.3 is 5.97 Å². The number of para-hydroxylation sites is 2. The highest BCUT2D eigenvalue weighted by molar-refractivity contribution is 6.04. The molecule has 3 rings (SSSR count). The number of aromatic nitrogens is 1. The molecular formula is C16H13NO2. The molecule has 0 unspecified atom stereocenters. The van der Waals surface area contributed by atoms with E-state index >= 15 is 0 Å². The van der Waals surface area contributed by atoms with Crippen LogP contribution in [0.3, 0.4) is 0 Å². The number of nitrogens with one attached hydrogen (secondary N) is 1. The molecule has 0 fully saturated rings. The van der Waals surface area contributed by atoms with Crippen LogP contribution in [0.4, 0.5) is 0 Å². The van der Waals surface area contributed by atoms with Crippen molar-refractivity contribution in [1.29, 1.82) is 0 Å². The summed E-state index contributed by atoms with van der Waals surface area (Å²) in [6.07, 6.45) is 1.69. The molecule has 3 heteroatoms. The topological polar surface area (TPSA) is 42.1 Å². The Morgan fingerprint density at radius 3 is 2.63 bits per heavy atom. The number of ether oxygens (including phenoxy) is 1. The van der Waals surface area contributed by atoms with Crippen LogP contribution >= 0.6 is 0 Å². The van der Waals surface area contributed by atoms with E-state index in [0.717, 1.165) is 16.5 Å². The summed E-state index contributed by atoms with van der Waals surface area (Å²) in [6.45, 7) is 1.91. The maximum atomic E-state index is 12.2. The highest BCUT2D eigenvalue weighted by atomic mass is 16.5. The van der Waals surface area contributed by atoms with Crippen LogP contribution in [0.2, 0.25) is 0 Å². The molecule has 2 aromatic carbocycles. The summed E-state index contributed by atoms with van der Waals surface area (Å²) in [5, 5.41) is 0.876. The molecule has 3 nitrogen and oxygen atoms in total. The largest absolute Gasteiger partial charge is 0.423 e. The Morgan fingerprint density at radius 1 is 1.05 bits per heavy atom. The number of hydrogen-bond donors (Lipinski definition) is 1. The van der Waals surface area contributed by atoms with Gasteiger partial charge in [-0.3, -0.25) is 0 Å². The number of esters is 1. The zero-order chi connectivity index (χ0) is 13.2. The lowest BCUT2D eigenvalue weighted by molar-refractivity contribution is 0.0735. The second kappa shape index (κ2) is 4.61. The molecule has 19 heavy (non-hydrogen) atoms. The zero-order valence-electron chi connectivity index (χ0n) is 10.5. The van der Waals surface area contributed by atoms with Crippen molar-refractivity contribution in [2.75, 3.05) is 0 Å². The molecule has 0 bridgehead atoms. The maximum Gasteiger partial charge on any atom is 0.345 e. The molecule has 94 valence electrons. The summed E-state index contributed by atoms with van der Waals surface area (Å²) in [4.78, 5) is 15.3. The first-order valence-corrected chi connectivity index (χ1v) is 6.09. The average molecular weight is 251 g/mol. The lowest BCUT2D eigenvalue weighted by Crippen LogP contribution is -2.08. The van der Waals surface area contributed by atoms with Gasteiger partial charge in [0.2, 0.25) is 0 Å². The van der Waals surface area contributed by atoms with Crippen molar-refractivity contribution in [3.05, 3.63) is 65.9 Å². The van der Waals surface area contributed by atoms with Crippen molar-refractivity contribution in [2.24, 2.45) is 0 Å². The first-order chi connectivity index (χ1) is 9.25. The van der Waals surface area contributed by atoms with E-state index in [1.54, 1.807) is 12.3 Å². The monoisotopic (exact) mass is 251 g/mol. The second-order valence-corrected chi connectivity index (χ2v) is 4.40. The normalized spacial score (nSPS) is 10.6. The van der Waals surface area contributed by atoms with E-state index in [1.165, 1.54) is 0 Å². The third kappa shape index (κ3) is 2.10. The summed E-state index contributed by atoms with van der Waals surface area (Å²) in [5.74, 6) is 0.254. The predicted molar refractivity (Wildman–Crippen MR) is 74.4 cm³/mol. The number of aryl methyl sites for hydroxylation is 1. The average Bonchev–Trinajstić information content (AvgIpc) is 2.85. The fourth-order valence-electron chi connectivity index (χ4n) is 2.07. The molecule has 1 heterocycles. The standard InChI is InChI=1S/C16H13NO2/c1-11-6-2-5-9-15(11)19-16(18)13-10-17-14-8-4-3-7-12(13)14/h2-10,17H,1H3. The van der Waals surface area contributed by atoms with Crippen LogP contribution in [0.5, 0.6) is 5.75 Å². The lowest BCUT2D eigenvalue weighted by Gasteiger charge is -2.06. The van der Waals surface area contributed by atoms with E-state index in [9.17, 15) is 4.79 Å². The number of H-pyrrole nitrogens is 1. The number of hydrogen-bond acceptors (Lipinski definition) is 2. The van der Waals surface area contributed by atoms with E-state index < -0.39 is 0 Å². The Hall–Kier alpha value is -2.55. The van der Waals surface area contributed by atoms with Crippen LogP contribution < -0.4 is 4.74 Å². The van der Waals surface area contributed by atoms with Crippen molar-refractivity contribution in [3.63, 3.8) is 0 Å². The smallest absolute Gasteiger partial charge is 0.345 e. The molecule has 1 aromatic heterocycles. The lowest BCUT2D eigenvalue weighted by atomic mass is 10.2. The van der Waals surface area contributed by atoms with Crippen molar-refractivity contribution in [3.8, 4) is 5.75 Å². The molecule has 0 radical (unpaired) electrons. The van der Waals surface area contributed by atoms with Gasteiger partial charge in [-0.15, -0.1) is 0 Å². The SMILES string of the molecule is Cc1ccccc1OC(=O)c1c[nH]c2ccccc12. The van der Waals surface area contributed by atoms with E-state index in [2.05, 4.69) is 4.98 Å². The zero-order valence-corrected chi connectivity index (χ0v) is 10.5. The number of aromatic amines is 1. The minimum atomic E-state index is -0.341. The molecule has 3 aromatic rings. The van der Waals surface area contributed by atoms with Gasteiger partial charge in [-0.2, -0.15) is 0 Å². The van der Waals surface area contributed by atoms with Crippen molar-refractivity contribution in [2.45, 2.75) is 6.92 Å². The minimum Gasteiger partial charge on any atom is -0.423 e. The number of benzene rings is 2. The van der Waals surface area contributed by atoms with Crippen molar-refractivity contribution in [1.82, 2.24) is 4.98 Å². The Balaban J connectivity index is 1.95. The summed E-state index contributed by atoms with van der Waals surface area (Å²) >= 11 is 0. The number of carbonyl (C=O) groups excluding carboxylic acids is 1. The van der Waals surface area contributed by atoms with Crippen LogP contribution in [-0.4, -0.2) is 11.0 Å². The number of carbonyl (C=O) groups is 1. The molecule has 1 N–H and O–H groups in total. The first-order valence-electron chi connectivity index (χ1n) is 6.09. The van der Waals surface area contributed by atoms with Gasteiger partial charge in [0.15, 0.2) is 0 Å². The van der Waals surface area contributed by atoms with E-state index in [1.807, 2.05) is 49.4 Å². The second-order valence-electron chi connectivity index (χ2n) is 4.40. The highest BCUT2D eigenvalue weighted by Gasteiger charge is 2.14. The Kier molecular flexibility index (Phi) is 2.80. The fraction of sp³-hybridized carbons (Fsp3) is 0.0625. The molecule has 0 spiro atoms. The molecular weight excluding hydrogens is 238 g/mol. The summed E-state index contributed by atoms with van der Waals surface area (Å²) < 4.78 is 5.44. The summed E-state index contributed by atoms with van der Waals surface area (Å²) in [5.41, 5.74) is 2.42. The number of rotatable bonds is 2. The molecule has 0 saturated carbocycles. The van der Waals surface area contributed by atoms with Crippen LogP contribution in [0.25, 0.3) is 10.9 Å². The van der Waals surface area contributed by atoms with Crippen LogP contribution in [0.15, 0.2) is 54.7 Å². The highest BCUT2D eigenvalue weighted by Crippen LogP contribution is 2.22. The van der Waals surface area contributed by atoms with Crippen LogP contribution in [0, 0.1) is 6.92 Å². The van der Waals surface area contributed by atoms with Crippen molar-refractivity contribution < 1.29 is 9.53 Å². The van der Waals surface area contributed by atoms with Crippen molar-refractivity contribution >= 4 is 16.9 Å². The fourth-order valence-corrected chi connectivity index (χ4v) is 2.07. The third-order valence-electron chi connectivity index (χ3n) is 3.11. The Morgan fingerprint density at radius 2 is 1.79 bits per heavy atom. The predicted octanol–water partition coefficient (Wildman–Crippen LogP) is 3.70. The molecule has 0 aliphatic heterocycles. The Bertz CT molecular complexity index is 743. The molecule has 0 amide bonds. The summed E-state index contributed by atoms with van der Waals surface area (Å²) in [7, 11) is 0. The van der Waals surface area contributed by atoms with Crippen LogP contribution in [0.1, 0.15) is 15.9 Å². The number of fused-ring (bicyclic) bond motifs is 1. The summed E-state index contributed by atoms with van der Waals surface area (Å²) in [6, 6.07) is 15.1. The first kappa shape index (κ1) is 11.5. The van der Waals surface area contributed by atoms with Gasteiger partial charge in [0.25, 0.3) is 0 Å². The molecule has 0 atom stereocenters. The quantitative estimate of drug-likeness (QED) is 0.557. The minimum absolute atomic E-state index is 0.341. The van der Waals surface area contributed by atoms with E-state index in [4.69, 9.17) is 4.74 Å². The Labute approximate surface area is 110 Å². The van der Waals surface area contributed by atoms with E-state index in [-0.39, 0.29) is 5.97 Å². The van der Waals surface area contributed by atoms with Gasteiger partial charge in [0, 0.05) is 17.1 Å². The van der Waals surface area contributed by atoms with Gasteiger partial charge in [0.05, 0.1) is 5.56 Å². The van der Waals surface area contributed by atoms with Gasteiger partial charge in [-0.1, -0.05) is 36.4 Å². The third-order valence-corrected chi connectivity index (χ3v) is 3.11. The molecule has 0 aliphatic rings. The van der Waals surface area contributed by atoms with Crippen LogP contribution in [-0.2, 0) is 0 Å².